The van der Waals surface area contributed by atoms with Crippen LogP contribution in [0.1, 0.15) is 5.56 Å². The van der Waals surface area contributed by atoms with E-state index in [4.69, 9.17) is 20.5 Å². The first-order valence-corrected chi connectivity index (χ1v) is 6.98. The quantitative estimate of drug-likeness (QED) is 0.748. The molecule has 0 amide bonds. The van der Waals surface area contributed by atoms with Gasteiger partial charge in [0.2, 0.25) is 0 Å². The lowest BCUT2D eigenvalue weighted by atomic mass is 10.2. The van der Waals surface area contributed by atoms with Crippen molar-refractivity contribution in [1.29, 1.82) is 5.26 Å². The minimum absolute atomic E-state index is 0.479. The summed E-state index contributed by atoms with van der Waals surface area (Å²) in [6, 6.07) is 10.7. The summed E-state index contributed by atoms with van der Waals surface area (Å²) in [4.78, 5) is 4.23. The topological polar surface area (TPSA) is 81.2 Å². The zero-order chi connectivity index (χ0) is 14.8. The number of aromatic nitrogens is 1. The Morgan fingerprint density at radius 3 is 2.76 bits per heavy atom. The Morgan fingerprint density at radius 1 is 1.19 bits per heavy atom. The van der Waals surface area contributed by atoms with Crippen LogP contribution in [0.25, 0.3) is 10.2 Å². The SMILES string of the molecule is COc1cc(C#N)ccc1Oc1ccc2scnc2c1N. The van der Waals surface area contributed by atoms with E-state index in [1.54, 1.807) is 29.8 Å². The molecule has 0 spiro atoms. The smallest absolute Gasteiger partial charge is 0.169 e. The van der Waals surface area contributed by atoms with Gasteiger partial charge in [0.15, 0.2) is 17.2 Å². The fourth-order valence-corrected chi connectivity index (χ4v) is 2.66. The summed E-state index contributed by atoms with van der Waals surface area (Å²) >= 11 is 1.52. The lowest BCUT2D eigenvalue weighted by Gasteiger charge is -2.12. The average molecular weight is 297 g/mol. The summed E-state index contributed by atoms with van der Waals surface area (Å²) in [5, 5.41) is 8.90. The van der Waals surface area contributed by atoms with Gasteiger partial charge in [0.25, 0.3) is 0 Å². The van der Waals surface area contributed by atoms with Gasteiger partial charge in [-0.2, -0.15) is 5.26 Å². The van der Waals surface area contributed by atoms with Gasteiger partial charge in [-0.15, -0.1) is 11.3 Å². The predicted octanol–water partition coefficient (Wildman–Crippen LogP) is 3.55. The van der Waals surface area contributed by atoms with Gasteiger partial charge in [0, 0.05) is 6.07 Å². The molecule has 5 nitrogen and oxygen atoms in total. The van der Waals surface area contributed by atoms with Crippen molar-refractivity contribution in [3.05, 3.63) is 41.4 Å². The number of nitriles is 1. The van der Waals surface area contributed by atoms with E-state index in [0.29, 0.717) is 28.5 Å². The maximum absolute atomic E-state index is 8.90. The number of hydrogen-bond acceptors (Lipinski definition) is 6. The van der Waals surface area contributed by atoms with Crippen LogP contribution in [0.4, 0.5) is 5.69 Å². The number of ether oxygens (including phenoxy) is 2. The molecule has 21 heavy (non-hydrogen) atoms. The van der Waals surface area contributed by atoms with Gasteiger partial charge < -0.3 is 15.2 Å². The van der Waals surface area contributed by atoms with Crippen LogP contribution in [0, 0.1) is 11.3 Å². The number of anilines is 1. The Labute approximate surface area is 125 Å². The highest BCUT2D eigenvalue weighted by Crippen LogP contribution is 2.38. The molecule has 0 atom stereocenters. The average Bonchev–Trinajstić information content (AvgIpc) is 2.99. The van der Waals surface area contributed by atoms with Crippen molar-refractivity contribution in [2.24, 2.45) is 0 Å². The number of nitrogens with two attached hydrogens (primary N) is 1. The summed E-state index contributed by atoms with van der Waals surface area (Å²) < 4.78 is 12.1. The minimum atomic E-state index is 0.479. The highest BCUT2D eigenvalue weighted by molar-refractivity contribution is 7.16. The van der Waals surface area contributed by atoms with Gasteiger partial charge in [-0.1, -0.05) is 0 Å². The molecule has 2 aromatic carbocycles. The van der Waals surface area contributed by atoms with E-state index < -0.39 is 0 Å². The molecule has 0 unspecified atom stereocenters. The number of benzene rings is 2. The molecule has 1 aromatic heterocycles. The van der Waals surface area contributed by atoms with Gasteiger partial charge in [0.1, 0.15) is 11.2 Å². The van der Waals surface area contributed by atoms with Crippen molar-refractivity contribution in [2.45, 2.75) is 0 Å². The van der Waals surface area contributed by atoms with Crippen LogP contribution in [0.15, 0.2) is 35.8 Å². The number of nitrogens with zero attached hydrogens (tertiary/aromatic N) is 2. The molecule has 1 heterocycles. The molecule has 3 aromatic rings. The first-order chi connectivity index (χ1) is 10.2. The Hall–Kier alpha value is -2.78. The van der Waals surface area contributed by atoms with Crippen molar-refractivity contribution in [3.63, 3.8) is 0 Å². The molecule has 0 radical (unpaired) electrons. The number of rotatable bonds is 3. The van der Waals surface area contributed by atoms with Crippen molar-refractivity contribution in [2.75, 3.05) is 12.8 Å². The Balaban J connectivity index is 2.02. The normalized spacial score (nSPS) is 10.3. The maximum Gasteiger partial charge on any atom is 0.169 e. The van der Waals surface area contributed by atoms with Crippen LogP contribution in [-0.2, 0) is 0 Å². The number of methoxy groups -OCH3 is 1. The molecule has 0 aliphatic rings. The third-order valence-electron chi connectivity index (χ3n) is 3.01. The van der Waals surface area contributed by atoms with E-state index in [1.807, 2.05) is 6.07 Å². The lowest BCUT2D eigenvalue weighted by Crippen LogP contribution is -1.95. The highest BCUT2D eigenvalue weighted by Gasteiger charge is 2.12. The summed E-state index contributed by atoms with van der Waals surface area (Å²) in [7, 11) is 1.52. The van der Waals surface area contributed by atoms with E-state index in [9.17, 15) is 0 Å². The van der Waals surface area contributed by atoms with Crippen LogP contribution in [0.5, 0.6) is 17.2 Å². The molecule has 0 bridgehead atoms. The molecule has 0 aliphatic carbocycles. The second-order valence-electron chi connectivity index (χ2n) is 4.26. The third kappa shape index (κ3) is 2.35. The van der Waals surface area contributed by atoms with Gasteiger partial charge in [-0.3, -0.25) is 0 Å². The van der Waals surface area contributed by atoms with Gasteiger partial charge in [0.05, 0.1) is 29.0 Å². The second-order valence-corrected chi connectivity index (χ2v) is 5.14. The summed E-state index contributed by atoms with van der Waals surface area (Å²) in [5.74, 6) is 1.49. The van der Waals surface area contributed by atoms with Crippen molar-refractivity contribution in [3.8, 4) is 23.3 Å². The molecule has 3 rings (SSSR count). The van der Waals surface area contributed by atoms with Crippen LogP contribution < -0.4 is 15.2 Å². The largest absolute Gasteiger partial charge is 0.493 e. The van der Waals surface area contributed by atoms with Crippen molar-refractivity contribution in [1.82, 2.24) is 4.98 Å². The lowest BCUT2D eigenvalue weighted by molar-refractivity contribution is 0.379. The number of fused-ring (bicyclic) bond motifs is 1. The molecule has 104 valence electrons. The van der Waals surface area contributed by atoms with Crippen molar-refractivity contribution < 1.29 is 9.47 Å². The van der Waals surface area contributed by atoms with Crippen LogP contribution in [0.2, 0.25) is 0 Å². The Morgan fingerprint density at radius 2 is 2.00 bits per heavy atom. The van der Waals surface area contributed by atoms with Gasteiger partial charge in [-0.05, 0) is 24.3 Å². The molecular formula is C15H11N3O2S. The summed E-state index contributed by atoms with van der Waals surface area (Å²) in [6.07, 6.45) is 0. The first-order valence-electron chi connectivity index (χ1n) is 6.10. The van der Waals surface area contributed by atoms with Crippen LogP contribution >= 0.6 is 11.3 Å². The van der Waals surface area contributed by atoms with E-state index >= 15 is 0 Å². The van der Waals surface area contributed by atoms with E-state index in [-0.39, 0.29) is 0 Å². The standard InChI is InChI=1S/C15H11N3O2S/c1-19-12-6-9(7-16)2-3-10(12)20-11-4-5-13-15(14(11)17)18-8-21-13/h2-6,8H,17H2,1H3. The van der Waals surface area contributed by atoms with E-state index in [2.05, 4.69) is 11.1 Å². The molecule has 0 aliphatic heterocycles. The zero-order valence-electron chi connectivity index (χ0n) is 11.2. The highest BCUT2D eigenvalue weighted by atomic mass is 32.1. The minimum Gasteiger partial charge on any atom is -0.493 e. The third-order valence-corrected chi connectivity index (χ3v) is 3.81. The fourth-order valence-electron chi connectivity index (χ4n) is 1.96. The molecule has 6 heteroatoms. The molecule has 0 saturated heterocycles. The first kappa shape index (κ1) is 13.2. The Bertz CT molecular complexity index is 852. The van der Waals surface area contributed by atoms with Crippen LogP contribution in [-0.4, -0.2) is 12.1 Å². The number of hydrogen-bond donors (Lipinski definition) is 1. The molecular weight excluding hydrogens is 286 g/mol. The monoisotopic (exact) mass is 297 g/mol. The molecule has 0 fully saturated rings. The van der Waals surface area contributed by atoms with Crippen molar-refractivity contribution >= 4 is 27.2 Å². The fraction of sp³-hybridized carbons (Fsp3) is 0.0667. The number of nitrogen functional groups attached to an aromatic ring is 1. The Kier molecular flexibility index (Phi) is 3.34. The predicted molar refractivity (Wildman–Crippen MR) is 81.8 cm³/mol. The van der Waals surface area contributed by atoms with E-state index in [1.165, 1.54) is 18.4 Å². The van der Waals surface area contributed by atoms with Gasteiger partial charge in [-0.25, -0.2) is 4.98 Å². The molecule has 0 saturated carbocycles. The summed E-state index contributed by atoms with van der Waals surface area (Å²) in [6.45, 7) is 0. The van der Waals surface area contributed by atoms with E-state index in [0.717, 1.165) is 10.2 Å². The zero-order valence-corrected chi connectivity index (χ0v) is 12.0. The van der Waals surface area contributed by atoms with Crippen LogP contribution in [0.3, 0.4) is 0 Å². The summed E-state index contributed by atoms with van der Waals surface area (Å²) in [5.41, 5.74) is 9.54. The molecule has 2 N–H and O–H groups in total. The van der Waals surface area contributed by atoms with Gasteiger partial charge >= 0.3 is 0 Å². The second kappa shape index (κ2) is 5.31. The maximum atomic E-state index is 8.90. The number of thiazole rings is 1.